The maximum atomic E-state index is 5.35. The highest BCUT2D eigenvalue weighted by Crippen LogP contribution is 2.50. The van der Waals surface area contributed by atoms with Crippen molar-refractivity contribution < 1.29 is 4.57 Å². The van der Waals surface area contributed by atoms with Gasteiger partial charge in [-0.1, -0.05) is 102 Å². The number of hydrogen-bond acceptors (Lipinski definition) is 3. The minimum absolute atomic E-state index is 0.00908. The van der Waals surface area contributed by atoms with Crippen LogP contribution in [0.1, 0.15) is 83.9 Å². The van der Waals surface area contributed by atoms with Gasteiger partial charge in [-0.2, -0.15) is 0 Å². The van der Waals surface area contributed by atoms with Crippen molar-refractivity contribution in [3.63, 3.8) is 0 Å². The molecule has 0 fully saturated rings. The smallest absolute Gasteiger partial charge is 0.223 e. The fraction of sp³-hybridized carbons (Fsp3) is 0.441. The second-order valence-electron chi connectivity index (χ2n) is 14.0. The molecule has 0 aliphatic carbocycles. The van der Waals surface area contributed by atoms with Crippen molar-refractivity contribution in [1.82, 2.24) is 9.97 Å². The molecule has 0 radical (unpaired) electrons. The first kappa shape index (κ1) is 26.7. The van der Waals surface area contributed by atoms with Crippen LogP contribution in [0.25, 0.3) is 32.9 Å². The molecule has 3 nitrogen and oxygen atoms in total. The zero-order valence-electron chi connectivity index (χ0n) is 24.8. The lowest BCUT2D eigenvalue weighted by Crippen LogP contribution is -2.66. The van der Waals surface area contributed by atoms with Crippen molar-refractivity contribution in [2.24, 2.45) is 5.41 Å². The van der Waals surface area contributed by atoms with Crippen molar-refractivity contribution >= 4 is 22.1 Å². The van der Waals surface area contributed by atoms with E-state index in [9.17, 15) is 0 Å². The summed E-state index contributed by atoms with van der Waals surface area (Å²) in [7, 11) is 0. The van der Waals surface area contributed by atoms with E-state index in [0.717, 1.165) is 22.9 Å². The first-order valence-electron chi connectivity index (χ1n) is 13.7. The largest absolute Gasteiger partial charge is 0.318 e. The van der Waals surface area contributed by atoms with Crippen LogP contribution in [0.15, 0.2) is 55.4 Å². The average Bonchev–Trinajstić information content (AvgIpc) is 3.18. The number of rotatable bonds is 3. The molecular formula is C34H42N3S+. The third-order valence-corrected chi connectivity index (χ3v) is 9.73. The van der Waals surface area contributed by atoms with Gasteiger partial charge in [0.05, 0.1) is 5.56 Å². The molecule has 0 amide bonds. The number of thiophene rings is 1. The zero-order valence-corrected chi connectivity index (χ0v) is 25.6. The van der Waals surface area contributed by atoms with Crippen LogP contribution in [0.5, 0.6) is 0 Å². The maximum absolute atomic E-state index is 5.35. The highest BCUT2D eigenvalue weighted by atomic mass is 32.1. The van der Waals surface area contributed by atoms with E-state index in [1.165, 1.54) is 37.9 Å². The lowest BCUT2D eigenvalue weighted by atomic mass is 9.63. The average molecular weight is 525 g/mol. The molecule has 1 unspecified atom stereocenters. The predicted octanol–water partition coefficient (Wildman–Crippen LogP) is 8.70. The van der Waals surface area contributed by atoms with E-state index in [1.807, 2.05) is 17.7 Å². The van der Waals surface area contributed by atoms with Crippen LogP contribution in [0.4, 0.5) is 0 Å². The molecular weight excluding hydrogens is 482 g/mol. The summed E-state index contributed by atoms with van der Waals surface area (Å²) in [6.45, 7) is 27.2. The molecule has 3 heterocycles. The van der Waals surface area contributed by atoms with Crippen molar-refractivity contribution in [3.8, 4) is 22.1 Å². The highest BCUT2D eigenvalue weighted by Gasteiger charge is 2.52. The van der Waals surface area contributed by atoms with E-state index in [2.05, 4.69) is 123 Å². The Labute approximate surface area is 232 Å². The number of benzene rings is 2. The molecule has 5 rings (SSSR count). The predicted molar refractivity (Wildman–Crippen MR) is 162 cm³/mol. The number of hydrogen-bond donors (Lipinski definition) is 0. The molecule has 2 aromatic carbocycles. The van der Waals surface area contributed by atoms with Crippen LogP contribution in [0.2, 0.25) is 0 Å². The van der Waals surface area contributed by atoms with E-state index in [-0.39, 0.29) is 16.2 Å². The molecule has 0 bridgehead atoms. The zero-order chi connectivity index (χ0) is 27.8. The second kappa shape index (κ2) is 8.58. The summed E-state index contributed by atoms with van der Waals surface area (Å²) >= 11 is 1.83. The van der Waals surface area contributed by atoms with Gasteiger partial charge in [-0.05, 0) is 70.7 Å². The van der Waals surface area contributed by atoms with Crippen LogP contribution < -0.4 is 4.57 Å². The molecule has 1 atom stereocenters. The minimum Gasteiger partial charge on any atom is -0.223 e. The summed E-state index contributed by atoms with van der Waals surface area (Å²) in [6, 6.07) is 13.6. The van der Waals surface area contributed by atoms with E-state index in [0.29, 0.717) is 0 Å². The Hall–Kier alpha value is -2.85. The monoisotopic (exact) mass is 524 g/mol. The standard InChI is InChI=1S/C34H42N3S/c1-12-34(11)33(9,10)27-24-16-14-13-15-23(24)26(32(6,7)8)18-25(27)30-36-29(35-20-37(30)34)28-21(2)17-22(38-28)19-31(3,4)5/h12-18,20H,1,19H2,2-11H3/q+1. The summed E-state index contributed by atoms with van der Waals surface area (Å²) in [6.07, 6.45) is 5.12. The van der Waals surface area contributed by atoms with Gasteiger partial charge >= 0.3 is 5.82 Å². The molecule has 1 aliphatic rings. The van der Waals surface area contributed by atoms with Gasteiger partial charge < -0.3 is 0 Å². The summed E-state index contributed by atoms with van der Waals surface area (Å²) < 4.78 is 2.26. The molecule has 0 saturated heterocycles. The Morgan fingerprint density at radius 3 is 2.26 bits per heavy atom. The molecule has 198 valence electrons. The normalized spacial score (nSPS) is 18.8. The second-order valence-corrected chi connectivity index (χ2v) is 15.1. The van der Waals surface area contributed by atoms with Crippen molar-refractivity contribution in [2.75, 3.05) is 0 Å². The van der Waals surface area contributed by atoms with E-state index in [1.54, 1.807) is 0 Å². The van der Waals surface area contributed by atoms with Gasteiger partial charge in [-0.15, -0.1) is 11.3 Å². The minimum atomic E-state index is -0.401. The SMILES string of the molecule is C=CC1(C)[n+]2cnc(-c3sc(CC(C)(C)C)cc3C)nc2-c2cc(C(C)(C)C)c3ccccc3c2C1(C)C. The van der Waals surface area contributed by atoms with E-state index >= 15 is 0 Å². The number of aromatic nitrogens is 3. The third-order valence-electron chi connectivity index (χ3n) is 8.49. The van der Waals surface area contributed by atoms with Gasteiger partial charge in [-0.3, -0.25) is 0 Å². The van der Waals surface area contributed by atoms with Gasteiger partial charge in [0.1, 0.15) is 10.4 Å². The maximum Gasteiger partial charge on any atom is 0.318 e. The number of fused-ring (bicyclic) bond motifs is 5. The van der Waals surface area contributed by atoms with Crippen LogP contribution >= 0.6 is 11.3 Å². The molecule has 4 heteroatoms. The highest BCUT2D eigenvalue weighted by molar-refractivity contribution is 7.15. The van der Waals surface area contributed by atoms with Crippen molar-refractivity contribution in [2.45, 2.75) is 92.0 Å². The van der Waals surface area contributed by atoms with Crippen LogP contribution in [-0.2, 0) is 22.8 Å². The summed E-state index contributed by atoms with van der Waals surface area (Å²) in [4.78, 5) is 12.9. The molecule has 0 N–H and O–H groups in total. The lowest BCUT2D eigenvalue weighted by molar-refractivity contribution is -0.755. The fourth-order valence-electron chi connectivity index (χ4n) is 6.12. The van der Waals surface area contributed by atoms with Gasteiger partial charge in [0.2, 0.25) is 6.33 Å². The van der Waals surface area contributed by atoms with Gasteiger partial charge in [0, 0.05) is 10.3 Å². The molecule has 0 saturated carbocycles. The van der Waals surface area contributed by atoms with Crippen LogP contribution in [0.3, 0.4) is 0 Å². The Bertz CT molecular complexity index is 1580. The van der Waals surface area contributed by atoms with E-state index < -0.39 is 5.54 Å². The Morgan fingerprint density at radius 1 is 1.00 bits per heavy atom. The molecule has 0 spiro atoms. The Balaban J connectivity index is 1.84. The first-order chi connectivity index (χ1) is 17.6. The third kappa shape index (κ3) is 4.04. The first-order valence-corrected chi connectivity index (χ1v) is 14.5. The van der Waals surface area contributed by atoms with Crippen LogP contribution in [0, 0.1) is 12.3 Å². The molecule has 4 aromatic rings. The van der Waals surface area contributed by atoms with Crippen LogP contribution in [-0.4, -0.2) is 9.97 Å². The topological polar surface area (TPSA) is 29.7 Å². The summed E-state index contributed by atoms with van der Waals surface area (Å²) in [5, 5.41) is 2.63. The number of allylic oxidation sites excluding steroid dienone is 1. The van der Waals surface area contributed by atoms with Gasteiger partial charge in [0.25, 0.3) is 5.82 Å². The van der Waals surface area contributed by atoms with E-state index in [4.69, 9.17) is 9.97 Å². The number of nitrogens with zero attached hydrogens (tertiary/aromatic N) is 3. The fourth-order valence-corrected chi connectivity index (χ4v) is 7.54. The Morgan fingerprint density at radius 2 is 1.66 bits per heavy atom. The van der Waals surface area contributed by atoms with Gasteiger partial charge in [-0.25, -0.2) is 4.57 Å². The molecule has 2 aromatic heterocycles. The number of aryl methyl sites for hydroxylation is 1. The Kier molecular flexibility index (Phi) is 6.04. The molecule has 38 heavy (non-hydrogen) atoms. The quantitative estimate of drug-likeness (QED) is 0.198. The molecule has 1 aliphatic heterocycles. The summed E-state index contributed by atoms with van der Waals surface area (Å²) in [5.41, 5.74) is 4.72. The van der Waals surface area contributed by atoms with Crippen molar-refractivity contribution in [1.29, 1.82) is 0 Å². The van der Waals surface area contributed by atoms with Crippen molar-refractivity contribution in [3.05, 3.63) is 76.9 Å². The lowest BCUT2D eigenvalue weighted by Gasteiger charge is -2.46. The summed E-state index contributed by atoms with van der Waals surface area (Å²) in [5.74, 6) is 1.77. The van der Waals surface area contributed by atoms with Gasteiger partial charge in [0.15, 0.2) is 0 Å².